The van der Waals surface area contributed by atoms with E-state index in [1.165, 1.54) is 72.0 Å². The van der Waals surface area contributed by atoms with Crippen molar-refractivity contribution in [2.45, 2.75) is 25.7 Å². The maximum atomic E-state index is 6.50. The summed E-state index contributed by atoms with van der Waals surface area (Å²) >= 11 is 6.50. The van der Waals surface area contributed by atoms with Crippen molar-refractivity contribution in [3.05, 3.63) is 161 Å². The van der Waals surface area contributed by atoms with Gasteiger partial charge in [0.15, 0.2) is 0 Å². The zero-order valence-corrected chi connectivity index (χ0v) is 24.5. The topological polar surface area (TPSA) is 4.93 Å². The second-order valence-corrected chi connectivity index (χ2v) is 12.4. The number of fused-ring (bicyclic) bond motifs is 6. The molecule has 0 radical (unpaired) electrons. The van der Waals surface area contributed by atoms with E-state index in [0.29, 0.717) is 0 Å². The molecule has 6 aromatic carbocycles. The van der Waals surface area contributed by atoms with Crippen molar-refractivity contribution in [1.29, 1.82) is 0 Å². The minimum absolute atomic E-state index is 0.0927. The van der Waals surface area contributed by atoms with Crippen molar-refractivity contribution in [3.63, 3.8) is 0 Å². The molecule has 0 spiro atoms. The lowest BCUT2D eigenvalue weighted by Crippen LogP contribution is -2.15. The molecule has 0 fully saturated rings. The Morgan fingerprint density at radius 1 is 0.571 bits per heavy atom. The number of hydrogen-bond acceptors (Lipinski definition) is 0. The molecule has 1 aromatic heterocycles. The van der Waals surface area contributed by atoms with Gasteiger partial charge < -0.3 is 4.57 Å². The molecule has 42 heavy (non-hydrogen) atoms. The van der Waals surface area contributed by atoms with Crippen LogP contribution in [0.1, 0.15) is 36.1 Å². The minimum atomic E-state index is -0.0927. The molecule has 1 heterocycles. The first-order chi connectivity index (χ1) is 20.5. The van der Waals surface area contributed by atoms with Gasteiger partial charge in [-0.2, -0.15) is 0 Å². The van der Waals surface area contributed by atoms with Gasteiger partial charge >= 0.3 is 0 Å². The average molecular weight is 560 g/mol. The average Bonchev–Trinajstić information content (AvgIpc) is 3.47. The van der Waals surface area contributed by atoms with E-state index in [9.17, 15) is 0 Å². The first-order valence-corrected chi connectivity index (χ1v) is 15.0. The number of aromatic nitrogens is 1. The van der Waals surface area contributed by atoms with Gasteiger partial charge in [-0.3, -0.25) is 0 Å². The fourth-order valence-corrected chi connectivity index (χ4v) is 7.15. The molecule has 1 aliphatic rings. The molecule has 1 nitrogen and oxygen atoms in total. The smallest absolute Gasteiger partial charge is 0.0541 e. The normalized spacial score (nSPS) is 13.4. The fourth-order valence-electron chi connectivity index (χ4n) is 6.94. The van der Waals surface area contributed by atoms with E-state index >= 15 is 0 Å². The van der Waals surface area contributed by atoms with Crippen molar-refractivity contribution >= 4 is 33.4 Å². The van der Waals surface area contributed by atoms with Gasteiger partial charge in [0.25, 0.3) is 0 Å². The quantitative estimate of drug-likeness (QED) is 0.202. The molecule has 0 aliphatic heterocycles. The number of hydrogen-bond donors (Lipinski definition) is 0. The van der Waals surface area contributed by atoms with E-state index < -0.39 is 0 Å². The number of nitrogens with zero attached hydrogens (tertiary/aromatic N) is 1. The Morgan fingerprint density at radius 2 is 1.21 bits per heavy atom. The maximum absolute atomic E-state index is 6.50. The van der Waals surface area contributed by atoms with E-state index in [-0.39, 0.29) is 5.41 Å². The predicted molar refractivity (Wildman–Crippen MR) is 178 cm³/mol. The summed E-state index contributed by atoms with van der Waals surface area (Å²) in [6, 6.07) is 48.4. The SMILES string of the molecule is CC1(C)c2cc(Cc3ccccc3Cl)ccc2-c2ccc(-c3ccc4c(c3)c3ccccc3n4-c3ccccc3)cc21. The van der Waals surface area contributed by atoms with Gasteiger partial charge in [0.05, 0.1) is 11.0 Å². The third-order valence-electron chi connectivity index (χ3n) is 9.11. The summed E-state index contributed by atoms with van der Waals surface area (Å²) in [7, 11) is 0. The lowest BCUT2D eigenvalue weighted by Gasteiger charge is -2.22. The highest BCUT2D eigenvalue weighted by atomic mass is 35.5. The van der Waals surface area contributed by atoms with Crippen LogP contribution in [-0.4, -0.2) is 4.57 Å². The minimum Gasteiger partial charge on any atom is -0.309 e. The molecule has 0 atom stereocenters. The molecule has 202 valence electrons. The zero-order valence-electron chi connectivity index (χ0n) is 23.7. The molecule has 0 saturated carbocycles. The van der Waals surface area contributed by atoms with Gasteiger partial charge in [-0.1, -0.05) is 116 Å². The lowest BCUT2D eigenvalue weighted by molar-refractivity contribution is 0.659. The monoisotopic (exact) mass is 559 g/mol. The molecular formula is C40H30ClN. The van der Waals surface area contributed by atoms with Gasteiger partial charge in [-0.25, -0.2) is 0 Å². The highest BCUT2D eigenvalue weighted by Crippen LogP contribution is 2.50. The van der Waals surface area contributed by atoms with Crippen molar-refractivity contribution in [2.75, 3.05) is 0 Å². The lowest BCUT2D eigenvalue weighted by atomic mass is 9.81. The Balaban J connectivity index is 1.21. The standard InChI is InChI=1S/C40H30ClN/c1-40(2)35-23-26(22-29-10-6-8-14-37(29)41)16-19-31(35)32-20-17-28(25-36(32)40)27-18-21-39-34(24-27)33-13-7-9-15-38(33)42(39)30-11-4-3-5-12-30/h3-21,23-25H,22H2,1-2H3. The summed E-state index contributed by atoms with van der Waals surface area (Å²) in [5, 5.41) is 3.38. The Bertz CT molecular complexity index is 2150. The van der Waals surface area contributed by atoms with Crippen LogP contribution in [0, 0.1) is 0 Å². The van der Waals surface area contributed by atoms with Crippen LogP contribution in [0.15, 0.2) is 133 Å². The number of benzene rings is 6. The zero-order chi connectivity index (χ0) is 28.4. The fraction of sp³-hybridized carbons (Fsp3) is 0.100. The summed E-state index contributed by atoms with van der Waals surface area (Å²) in [4.78, 5) is 0. The molecule has 0 bridgehead atoms. The van der Waals surface area contributed by atoms with E-state index in [4.69, 9.17) is 11.6 Å². The van der Waals surface area contributed by atoms with E-state index in [1.807, 2.05) is 12.1 Å². The molecule has 0 amide bonds. The summed E-state index contributed by atoms with van der Waals surface area (Å²) in [6.45, 7) is 4.72. The van der Waals surface area contributed by atoms with E-state index in [2.05, 4.69) is 140 Å². The van der Waals surface area contributed by atoms with Gasteiger partial charge in [-0.15, -0.1) is 0 Å². The summed E-state index contributed by atoms with van der Waals surface area (Å²) in [6.07, 6.45) is 0.835. The molecule has 1 aliphatic carbocycles. The highest BCUT2D eigenvalue weighted by molar-refractivity contribution is 6.31. The molecule has 0 unspecified atom stereocenters. The molecular weight excluding hydrogens is 530 g/mol. The first kappa shape index (κ1) is 25.1. The predicted octanol–water partition coefficient (Wildman–Crippen LogP) is 11.0. The van der Waals surface area contributed by atoms with E-state index in [1.54, 1.807) is 0 Å². The maximum Gasteiger partial charge on any atom is 0.0541 e. The van der Waals surface area contributed by atoms with Crippen molar-refractivity contribution in [3.8, 4) is 27.9 Å². The van der Waals surface area contributed by atoms with Crippen molar-refractivity contribution in [1.82, 2.24) is 4.57 Å². The highest BCUT2D eigenvalue weighted by Gasteiger charge is 2.35. The van der Waals surface area contributed by atoms with Crippen LogP contribution in [0.4, 0.5) is 0 Å². The van der Waals surface area contributed by atoms with Crippen LogP contribution in [0.3, 0.4) is 0 Å². The van der Waals surface area contributed by atoms with Gasteiger partial charge in [-0.05, 0) is 93.4 Å². The number of halogens is 1. The molecule has 7 aromatic rings. The molecule has 2 heteroatoms. The van der Waals surface area contributed by atoms with Crippen LogP contribution >= 0.6 is 11.6 Å². The van der Waals surface area contributed by atoms with Crippen molar-refractivity contribution in [2.24, 2.45) is 0 Å². The van der Waals surface area contributed by atoms with Crippen LogP contribution in [0.25, 0.3) is 49.7 Å². The first-order valence-electron chi connectivity index (χ1n) is 14.6. The number of rotatable bonds is 4. The second-order valence-electron chi connectivity index (χ2n) is 12.0. The van der Waals surface area contributed by atoms with Gasteiger partial charge in [0.2, 0.25) is 0 Å². The van der Waals surface area contributed by atoms with Gasteiger partial charge in [0, 0.05) is 26.9 Å². The van der Waals surface area contributed by atoms with Crippen LogP contribution in [-0.2, 0) is 11.8 Å². The Hall–Kier alpha value is -4.59. The molecule has 0 N–H and O–H groups in total. The summed E-state index contributed by atoms with van der Waals surface area (Å²) in [5.41, 5.74) is 14.0. The molecule has 8 rings (SSSR count). The Kier molecular flexibility index (Phi) is 5.67. The largest absolute Gasteiger partial charge is 0.309 e. The van der Waals surface area contributed by atoms with E-state index in [0.717, 1.165) is 11.4 Å². The Morgan fingerprint density at radius 3 is 2.05 bits per heavy atom. The van der Waals surface area contributed by atoms with Crippen LogP contribution < -0.4 is 0 Å². The summed E-state index contributed by atoms with van der Waals surface area (Å²) in [5.74, 6) is 0. The third-order valence-corrected chi connectivity index (χ3v) is 9.48. The second kappa shape index (κ2) is 9.48. The number of para-hydroxylation sites is 2. The Labute approximate surface area is 251 Å². The summed E-state index contributed by atoms with van der Waals surface area (Å²) < 4.78 is 2.37. The van der Waals surface area contributed by atoms with Crippen LogP contribution in [0.5, 0.6) is 0 Å². The van der Waals surface area contributed by atoms with Gasteiger partial charge in [0.1, 0.15) is 0 Å². The third kappa shape index (κ3) is 3.85. The van der Waals surface area contributed by atoms with Crippen LogP contribution in [0.2, 0.25) is 5.02 Å². The van der Waals surface area contributed by atoms with Crippen molar-refractivity contribution < 1.29 is 0 Å². The molecule has 0 saturated heterocycles.